The van der Waals surface area contributed by atoms with Gasteiger partial charge >= 0.3 is 11.9 Å². The highest BCUT2D eigenvalue weighted by Gasteiger charge is 2.27. The number of aliphatic hydroxyl groups excluding tert-OH is 2. The number of aromatic nitrogens is 2. The standard InChI is InChI=1S/2C17H18BrFN2O3/c2*1-2-24-17(23)12-8-20-15-7-14(19)13(18)6-11(15)16(12)21-9-3-4-10(22)5-9/h2*6-10,22H,2-5H2,1H3,(H,20,21)/t2*9-,10+/m10/s1. The lowest BCUT2D eigenvalue weighted by Gasteiger charge is -2.19. The molecule has 0 aliphatic heterocycles. The van der Waals surface area contributed by atoms with Crippen LogP contribution >= 0.6 is 31.9 Å². The van der Waals surface area contributed by atoms with E-state index in [1.165, 1.54) is 24.5 Å². The lowest BCUT2D eigenvalue weighted by molar-refractivity contribution is 0.0517. The highest BCUT2D eigenvalue weighted by atomic mass is 79.9. The molecule has 14 heteroatoms. The smallest absolute Gasteiger partial charge is 0.341 e. The van der Waals surface area contributed by atoms with E-state index in [1.54, 1.807) is 26.0 Å². The van der Waals surface area contributed by atoms with Gasteiger partial charge in [0.2, 0.25) is 0 Å². The van der Waals surface area contributed by atoms with Crippen molar-refractivity contribution < 1.29 is 38.1 Å². The van der Waals surface area contributed by atoms with Gasteiger partial charge in [0.05, 0.1) is 56.8 Å². The zero-order chi connectivity index (χ0) is 34.5. The largest absolute Gasteiger partial charge is 0.462 e. The number of hydrogen-bond acceptors (Lipinski definition) is 10. The fourth-order valence-corrected chi connectivity index (χ4v) is 6.69. The third-order valence-electron chi connectivity index (χ3n) is 8.32. The summed E-state index contributed by atoms with van der Waals surface area (Å²) in [6, 6.07) is 5.94. The van der Waals surface area contributed by atoms with Crippen LogP contribution < -0.4 is 10.6 Å². The highest BCUT2D eigenvalue weighted by molar-refractivity contribution is 9.10. The van der Waals surface area contributed by atoms with Gasteiger partial charge in [0.1, 0.15) is 22.8 Å². The van der Waals surface area contributed by atoms with Gasteiger partial charge in [-0.15, -0.1) is 0 Å². The molecule has 2 aliphatic rings. The van der Waals surface area contributed by atoms with Crippen molar-refractivity contribution >= 4 is 77.0 Å². The van der Waals surface area contributed by atoms with E-state index in [9.17, 15) is 28.6 Å². The van der Waals surface area contributed by atoms with Crippen LogP contribution in [-0.4, -0.2) is 69.6 Å². The molecule has 2 aromatic carbocycles. The predicted molar refractivity (Wildman–Crippen MR) is 185 cm³/mol. The van der Waals surface area contributed by atoms with Gasteiger partial charge < -0.3 is 30.3 Å². The summed E-state index contributed by atoms with van der Waals surface area (Å²) in [5.41, 5.74) is 2.65. The quantitative estimate of drug-likeness (QED) is 0.135. The van der Waals surface area contributed by atoms with Crippen LogP contribution in [0.1, 0.15) is 73.1 Å². The summed E-state index contributed by atoms with van der Waals surface area (Å²) in [5.74, 6) is -1.79. The topological polar surface area (TPSA) is 143 Å². The maximum absolute atomic E-state index is 13.8. The Kier molecular flexibility index (Phi) is 11.8. The normalized spacial score (nSPS) is 20.3. The van der Waals surface area contributed by atoms with Gasteiger partial charge in [-0.25, -0.2) is 18.4 Å². The minimum Gasteiger partial charge on any atom is -0.462 e. The van der Waals surface area contributed by atoms with Gasteiger partial charge in [-0.3, -0.25) is 9.97 Å². The molecule has 2 heterocycles. The second kappa shape index (κ2) is 15.8. The lowest BCUT2D eigenvalue weighted by atomic mass is 10.1. The van der Waals surface area contributed by atoms with Crippen LogP contribution in [0.15, 0.2) is 45.6 Å². The maximum Gasteiger partial charge on any atom is 0.341 e. The molecule has 48 heavy (non-hydrogen) atoms. The number of anilines is 2. The summed E-state index contributed by atoms with van der Waals surface area (Å²) in [7, 11) is 0. The molecule has 2 aromatic heterocycles. The number of pyridine rings is 2. The number of ether oxygens (including phenoxy) is 2. The van der Waals surface area contributed by atoms with Crippen LogP contribution in [0.4, 0.5) is 20.2 Å². The SMILES string of the molecule is CCOC(=O)c1cnc2cc(F)c(Br)cc2c1N[C@@H]1CC[C@H](O)C1.CCOC(=O)c1cnc2cc(F)c(Br)cc2c1N[C@H]1CC[C@@H](O)C1. The number of esters is 2. The van der Waals surface area contributed by atoms with Gasteiger partial charge in [-0.2, -0.15) is 0 Å². The van der Waals surface area contributed by atoms with Crippen LogP contribution in [0.5, 0.6) is 0 Å². The zero-order valence-electron chi connectivity index (χ0n) is 26.4. The molecule has 6 rings (SSSR count). The molecule has 2 aliphatic carbocycles. The van der Waals surface area contributed by atoms with Crippen molar-refractivity contribution in [1.82, 2.24) is 9.97 Å². The Bertz CT molecular complexity index is 1700. The van der Waals surface area contributed by atoms with E-state index in [2.05, 4.69) is 52.5 Å². The molecule has 2 saturated carbocycles. The molecular formula is C34H36Br2F2N4O6. The number of fused-ring (bicyclic) bond motifs is 2. The molecule has 0 spiro atoms. The van der Waals surface area contributed by atoms with Crippen molar-refractivity contribution in [2.75, 3.05) is 23.8 Å². The second-order valence-corrected chi connectivity index (χ2v) is 13.4. The first-order valence-corrected chi connectivity index (χ1v) is 17.4. The van der Waals surface area contributed by atoms with E-state index in [0.29, 0.717) is 78.9 Å². The Labute approximate surface area is 292 Å². The van der Waals surface area contributed by atoms with Crippen molar-refractivity contribution in [2.24, 2.45) is 0 Å². The molecule has 10 nitrogen and oxygen atoms in total. The van der Waals surface area contributed by atoms with E-state index in [4.69, 9.17) is 9.47 Å². The van der Waals surface area contributed by atoms with Crippen LogP contribution in [0, 0.1) is 11.6 Å². The Morgan fingerprint density at radius 2 is 1.15 bits per heavy atom. The number of hydrogen-bond donors (Lipinski definition) is 4. The number of aliphatic hydroxyl groups is 2. The monoisotopic (exact) mass is 792 g/mol. The Hall–Kier alpha value is -3.46. The first-order valence-electron chi connectivity index (χ1n) is 15.8. The third kappa shape index (κ3) is 8.21. The Morgan fingerprint density at radius 3 is 1.48 bits per heavy atom. The van der Waals surface area contributed by atoms with Crippen LogP contribution in [0.2, 0.25) is 0 Å². The Balaban J connectivity index is 0.000000188. The first-order chi connectivity index (χ1) is 23.0. The predicted octanol–water partition coefficient (Wildman–Crippen LogP) is 7.28. The number of carbonyl (C=O) groups excluding carboxylic acids is 2. The Morgan fingerprint density at radius 1 is 0.750 bits per heavy atom. The van der Waals surface area contributed by atoms with Gasteiger partial charge in [0.15, 0.2) is 0 Å². The van der Waals surface area contributed by atoms with Gasteiger partial charge in [0, 0.05) is 47.4 Å². The lowest BCUT2D eigenvalue weighted by Crippen LogP contribution is -2.20. The van der Waals surface area contributed by atoms with Gasteiger partial charge in [-0.05, 0) is 96.4 Å². The molecule has 0 unspecified atom stereocenters. The van der Waals surface area contributed by atoms with Crippen LogP contribution in [0.3, 0.4) is 0 Å². The summed E-state index contributed by atoms with van der Waals surface area (Å²) >= 11 is 6.36. The summed E-state index contributed by atoms with van der Waals surface area (Å²) < 4.78 is 38.4. The van der Waals surface area contributed by atoms with Crippen molar-refractivity contribution in [1.29, 1.82) is 0 Å². The number of halogens is 4. The summed E-state index contributed by atoms with van der Waals surface area (Å²) in [6.45, 7) is 3.98. The average Bonchev–Trinajstić information content (AvgIpc) is 3.66. The van der Waals surface area contributed by atoms with E-state index in [-0.39, 0.29) is 37.5 Å². The fraction of sp³-hybridized carbons (Fsp3) is 0.412. The van der Waals surface area contributed by atoms with Crippen molar-refractivity contribution in [3.8, 4) is 0 Å². The van der Waals surface area contributed by atoms with Crippen molar-refractivity contribution in [3.05, 3.63) is 68.4 Å². The molecule has 0 radical (unpaired) electrons. The summed E-state index contributed by atoms with van der Waals surface area (Å²) in [6.07, 6.45) is 6.37. The summed E-state index contributed by atoms with van der Waals surface area (Å²) in [4.78, 5) is 32.9. The number of benzene rings is 2. The first kappa shape index (κ1) is 35.8. The average molecular weight is 794 g/mol. The number of carbonyl (C=O) groups is 2. The number of rotatable bonds is 8. The molecule has 0 bridgehead atoms. The molecule has 0 amide bonds. The third-order valence-corrected chi connectivity index (χ3v) is 9.53. The molecule has 256 valence electrons. The van der Waals surface area contributed by atoms with E-state index >= 15 is 0 Å². The molecule has 4 N–H and O–H groups in total. The minimum absolute atomic E-state index is 0.0441. The van der Waals surface area contributed by atoms with Crippen molar-refractivity contribution in [3.63, 3.8) is 0 Å². The number of nitrogens with one attached hydrogen (secondary N) is 2. The molecule has 4 atom stereocenters. The van der Waals surface area contributed by atoms with Gasteiger partial charge in [0.25, 0.3) is 0 Å². The zero-order valence-corrected chi connectivity index (χ0v) is 29.5. The number of nitrogens with zero attached hydrogens (tertiary/aromatic N) is 2. The van der Waals surface area contributed by atoms with Crippen LogP contribution in [-0.2, 0) is 9.47 Å². The van der Waals surface area contributed by atoms with Gasteiger partial charge in [-0.1, -0.05) is 0 Å². The molecule has 0 saturated heterocycles. The minimum atomic E-state index is -0.478. The molecular weight excluding hydrogens is 758 g/mol. The summed E-state index contributed by atoms with van der Waals surface area (Å²) in [5, 5.41) is 27.4. The van der Waals surface area contributed by atoms with Crippen molar-refractivity contribution in [2.45, 2.75) is 76.7 Å². The molecule has 4 aromatic rings. The second-order valence-electron chi connectivity index (χ2n) is 11.7. The maximum atomic E-state index is 13.8. The van der Waals surface area contributed by atoms with E-state index in [0.717, 1.165) is 12.8 Å². The van der Waals surface area contributed by atoms with Crippen LogP contribution in [0.25, 0.3) is 21.8 Å². The van der Waals surface area contributed by atoms with E-state index < -0.39 is 23.6 Å². The highest BCUT2D eigenvalue weighted by Crippen LogP contribution is 2.35. The fourth-order valence-electron chi connectivity index (χ4n) is 6.00. The molecule has 2 fully saturated rings. The van der Waals surface area contributed by atoms with E-state index in [1.807, 2.05) is 0 Å².